The second kappa shape index (κ2) is 5.91. The summed E-state index contributed by atoms with van der Waals surface area (Å²) in [6.45, 7) is 5.28. The number of ketones is 1. The van der Waals surface area contributed by atoms with Gasteiger partial charge >= 0.3 is 0 Å². The van der Waals surface area contributed by atoms with Crippen LogP contribution in [0.3, 0.4) is 0 Å². The number of carbonyl (C=O) groups is 1. The lowest BCUT2D eigenvalue weighted by atomic mass is 9.94. The highest BCUT2D eigenvalue weighted by Crippen LogP contribution is 2.21. The molecule has 2 rings (SSSR count). The Morgan fingerprint density at radius 1 is 1.44 bits per heavy atom. The average molecular weight is 247 g/mol. The Hall–Kier alpha value is -1.48. The number of benzene rings is 1. The van der Waals surface area contributed by atoms with Gasteiger partial charge in [-0.05, 0) is 31.5 Å². The minimum Gasteiger partial charge on any atom is -0.292 e. The van der Waals surface area contributed by atoms with Crippen LogP contribution in [-0.4, -0.2) is 29.8 Å². The molecule has 1 aliphatic rings. The van der Waals surface area contributed by atoms with Crippen LogP contribution in [0.25, 0.3) is 0 Å². The van der Waals surface area contributed by atoms with E-state index in [2.05, 4.69) is 11.5 Å². The minimum atomic E-state index is -0.424. The van der Waals surface area contributed by atoms with Crippen molar-refractivity contribution >= 4 is 5.78 Å². The Morgan fingerprint density at radius 3 is 2.94 bits per heavy atom. The van der Waals surface area contributed by atoms with Gasteiger partial charge in [0.05, 0.1) is 11.6 Å². The fourth-order valence-corrected chi connectivity index (χ4v) is 2.51. The number of rotatable bonds is 4. The van der Waals surface area contributed by atoms with Crippen molar-refractivity contribution in [3.8, 4) is 0 Å². The summed E-state index contributed by atoms with van der Waals surface area (Å²) in [6.07, 6.45) is 4.72. The van der Waals surface area contributed by atoms with Gasteiger partial charge in [0.15, 0.2) is 5.78 Å². The monoisotopic (exact) mass is 247 g/mol. The van der Waals surface area contributed by atoms with Gasteiger partial charge in [-0.25, -0.2) is 4.39 Å². The van der Waals surface area contributed by atoms with Crippen molar-refractivity contribution in [1.29, 1.82) is 0 Å². The molecule has 3 heteroatoms. The molecule has 0 saturated carbocycles. The van der Waals surface area contributed by atoms with E-state index in [1.54, 1.807) is 24.3 Å². The fourth-order valence-electron chi connectivity index (χ4n) is 2.51. The van der Waals surface area contributed by atoms with Crippen molar-refractivity contribution in [2.45, 2.75) is 25.3 Å². The molecule has 1 heterocycles. The Kier molecular flexibility index (Phi) is 4.26. The molecule has 18 heavy (non-hydrogen) atoms. The van der Waals surface area contributed by atoms with E-state index in [1.807, 2.05) is 0 Å². The number of piperidine rings is 1. The molecule has 0 spiro atoms. The number of hydrogen-bond donors (Lipinski definition) is 0. The van der Waals surface area contributed by atoms with Crippen LogP contribution < -0.4 is 0 Å². The van der Waals surface area contributed by atoms with E-state index in [4.69, 9.17) is 0 Å². The number of likely N-dealkylation sites (tertiary alicyclic amines) is 1. The van der Waals surface area contributed by atoms with E-state index in [0.29, 0.717) is 6.54 Å². The molecule has 96 valence electrons. The van der Waals surface area contributed by atoms with Crippen molar-refractivity contribution < 1.29 is 9.18 Å². The normalized spacial score (nSPS) is 20.6. The maximum absolute atomic E-state index is 13.6. The number of hydrogen-bond acceptors (Lipinski definition) is 2. The van der Waals surface area contributed by atoms with Crippen LogP contribution in [0.15, 0.2) is 36.9 Å². The highest BCUT2D eigenvalue weighted by atomic mass is 19.1. The minimum absolute atomic E-state index is 0.102. The summed E-state index contributed by atoms with van der Waals surface area (Å²) in [5.74, 6) is -0.527. The van der Waals surface area contributed by atoms with Gasteiger partial charge in [0.25, 0.3) is 0 Å². The first-order valence-electron chi connectivity index (χ1n) is 6.37. The zero-order valence-electron chi connectivity index (χ0n) is 10.4. The lowest BCUT2D eigenvalue weighted by Crippen LogP contribution is -2.44. The molecular formula is C15H18FNO. The molecule has 1 unspecified atom stereocenters. The summed E-state index contributed by atoms with van der Waals surface area (Å²) in [5.41, 5.74) is 0.207. The maximum Gasteiger partial charge on any atom is 0.182 e. The SMILES string of the molecule is C=CCN1CCCCC1C(=O)c1ccccc1F. The Bertz CT molecular complexity index is 444. The number of Topliss-reactive ketones (excluding diaryl/α,β-unsaturated/α-hetero) is 1. The van der Waals surface area contributed by atoms with Crippen LogP contribution in [0.5, 0.6) is 0 Å². The molecule has 1 fully saturated rings. The largest absolute Gasteiger partial charge is 0.292 e. The van der Waals surface area contributed by atoms with Crippen LogP contribution >= 0.6 is 0 Å². The summed E-state index contributed by atoms with van der Waals surface area (Å²) in [6, 6.07) is 6.02. The van der Waals surface area contributed by atoms with Crippen LogP contribution in [0.2, 0.25) is 0 Å². The molecule has 0 aliphatic carbocycles. The molecule has 1 aromatic rings. The van der Waals surface area contributed by atoms with Gasteiger partial charge in [-0.15, -0.1) is 6.58 Å². The first-order chi connectivity index (χ1) is 8.74. The van der Waals surface area contributed by atoms with Gasteiger partial charge in [0.1, 0.15) is 5.82 Å². The molecule has 2 nitrogen and oxygen atoms in total. The van der Waals surface area contributed by atoms with Gasteiger partial charge in [-0.1, -0.05) is 24.6 Å². The predicted molar refractivity (Wildman–Crippen MR) is 70.1 cm³/mol. The Morgan fingerprint density at radius 2 is 2.22 bits per heavy atom. The first kappa shape index (κ1) is 13.0. The highest BCUT2D eigenvalue weighted by Gasteiger charge is 2.29. The molecule has 0 amide bonds. The van der Waals surface area contributed by atoms with Gasteiger partial charge < -0.3 is 0 Å². The van der Waals surface area contributed by atoms with E-state index in [0.717, 1.165) is 25.8 Å². The molecule has 1 atom stereocenters. The van der Waals surface area contributed by atoms with Gasteiger partial charge in [-0.3, -0.25) is 9.69 Å². The first-order valence-corrected chi connectivity index (χ1v) is 6.37. The second-order valence-corrected chi connectivity index (χ2v) is 4.64. The average Bonchev–Trinajstić information content (AvgIpc) is 2.40. The molecular weight excluding hydrogens is 229 g/mol. The zero-order valence-corrected chi connectivity index (χ0v) is 10.4. The summed E-state index contributed by atoms with van der Waals surface area (Å²) >= 11 is 0. The lowest BCUT2D eigenvalue weighted by Gasteiger charge is -2.33. The third kappa shape index (κ3) is 2.67. The summed E-state index contributed by atoms with van der Waals surface area (Å²) in [5, 5.41) is 0. The predicted octanol–water partition coefficient (Wildman–Crippen LogP) is 3.05. The van der Waals surface area contributed by atoms with Crippen LogP contribution in [0.4, 0.5) is 4.39 Å². The van der Waals surface area contributed by atoms with Crippen LogP contribution in [0.1, 0.15) is 29.6 Å². The van der Waals surface area contributed by atoms with E-state index in [9.17, 15) is 9.18 Å². The van der Waals surface area contributed by atoms with Crippen LogP contribution in [-0.2, 0) is 0 Å². The Labute approximate surface area is 107 Å². The van der Waals surface area contributed by atoms with Gasteiger partial charge in [0, 0.05) is 6.54 Å². The molecule has 0 radical (unpaired) electrons. The van der Waals surface area contributed by atoms with Crippen molar-refractivity contribution in [2.24, 2.45) is 0 Å². The summed E-state index contributed by atoms with van der Waals surface area (Å²) < 4.78 is 13.6. The van der Waals surface area contributed by atoms with E-state index in [1.165, 1.54) is 6.07 Å². The lowest BCUT2D eigenvalue weighted by molar-refractivity contribution is 0.0767. The van der Waals surface area contributed by atoms with Crippen LogP contribution in [0, 0.1) is 5.82 Å². The fraction of sp³-hybridized carbons (Fsp3) is 0.400. The number of halogens is 1. The quantitative estimate of drug-likeness (QED) is 0.602. The highest BCUT2D eigenvalue weighted by molar-refractivity contribution is 6.00. The molecule has 1 aliphatic heterocycles. The van der Waals surface area contributed by atoms with E-state index in [-0.39, 0.29) is 17.4 Å². The van der Waals surface area contributed by atoms with Crippen molar-refractivity contribution in [1.82, 2.24) is 4.90 Å². The zero-order chi connectivity index (χ0) is 13.0. The molecule has 0 N–H and O–H groups in total. The molecule has 0 bridgehead atoms. The van der Waals surface area contributed by atoms with Gasteiger partial charge in [-0.2, -0.15) is 0 Å². The molecule has 0 aromatic heterocycles. The van der Waals surface area contributed by atoms with Crippen molar-refractivity contribution in [3.63, 3.8) is 0 Å². The summed E-state index contributed by atoms with van der Waals surface area (Å²) in [7, 11) is 0. The number of nitrogens with zero attached hydrogens (tertiary/aromatic N) is 1. The van der Waals surface area contributed by atoms with E-state index < -0.39 is 5.82 Å². The third-order valence-corrected chi connectivity index (χ3v) is 3.42. The third-order valence-electron chi connectivity index (χ3n) is 3.42. The summed E-state index contributed by atoms with van der Waals surface area (Å²) in [4.78, 5) is 14.5. The number of carbonyl (C=O) groups excluding carboxylic acids is 1. The topological polar surface area (TPSA) is 20.3 Å². The molecule has 1 aromatic carbocycles. The smallest absolute Gasteiger partial charge is 0.182 e. The van der Waals surface area contributed by atoms with Crippen molar-refractivity contribution in [2.75, 3.05) is 13.1 Å². The van der Waals surface area contributed by atoms with Crippen molar-refractivity contribution in [3.05, 3.63) is 48.3 Å². The standard InChI is InChI=1S/C15H18FNO/c1-2-10-17-11-6-5-9-14(17)15(18)12-7-3-4-8-13(12)16/h2-4,7-8,14H,1,5-6,9-11H2. The molecule has 1 saturated heterocycles. The Balaban J connectivity index is 2.21. The van der Waals surface area contributed by atoms with E-state index >= 15 is 0 Å². The second-order valence-electron chi connectivity index (χ2n) is 4.64. The maximum atomic E-state index is 13.6. The van der Waals surface area contributed by atoms with Gasteiger partial charge in [0.2, 0.25) is 0 Å².